The van der Waals surface area contributed by atoms with Crippen LogP contribution in [0.1, 0.15) is 5.69 Å². The van der Waals surface area contributed by atoms with Crippen LogP contribution in [0.25, 0.3) is 27.9 Å². The van der Waals surface area contributed by atoms with Crippen LogP contribution in [0.2, 0.25) is 10.0 Å². The van der Waals surface area contributed by atoms with Crippen LogP contribution in [0, 0.1) is 6.92 Å². The van der Waals surface area contributed by atoms with Crippen molar-refractivity contribution < 1.29 is 10.2 Å². The van der Waals surface area contributed by atoms with Crippen molar-refractivity contribution in [2.45, 2.75) is 6.92 Å². The zero-order chi connectivity index (χ0) is 19.8. The molecule has 0 unspecified atom stereocenters. The highest BCUT2D eigenvalue weighted by molar-refractivity contribution is 6.34. The number of benzene rings is 3. The standard InChI is InChI=1S/C22H16Cl2N2O2/c1-13-9-10-26(25-13)22-18(16-7-5-14(27)11-20(16)23)3-2-4-19(22)17-8-6-15(28)12-21(17)24/h2-12,27-28H,1H3. The van der Waals surface area contributed by atoms with Crippen LogP contribution < -0.4 is 0 Å². The number of phenolic OH excluding ortho intramolecular Hbond substituents is 2. The molecule has 0 fully saturated rings. The number of phenols is 2. The largest absolute Gasteiger partial charge is 0.508 e. The first kappa shape index (κ1) is 18.4. The van der Waals surface area contributed by atoms with Crippen molar-refractivity contribution in [3.8, 4) is 39.4 Å². The van der Waals surface area contributed by atoms with Gasteiger partial charge in [-0.05, 0) is 49.4 Å². The van der Waals surface area contributed by atoms with Gasteiger partial charge in [0.15, 0.2) is 0 Å². The fourth-order valence-electron chi connectivity index (χ4n) is 3.21. The SMILES string of the molecule is Cc1ccn(-c2c(-c3ccc(O)cc3Cl)cccc2-c2ccc(O)cc2Cl)n1. The molecule has 4 rings (SSSR count). The maximum atomic E-state index is 9.73. The smallest absolute Gasteiger partial charge is 0.117 e. The van der Waals surface area contributed by atoms with Crippen LogP contribution in [-0.4, -0.2) is 20.0 Å². The van der Waals surface area contributed by atoms with Crippen molar-refractivity contribution in [3.05, 3.63) is 82.6 Å². The molecule has 3 aromatic carbocycles. The summed E-state index contributed by atoms with van der Waals surface area (Å²) >= 11 is 12.9. The van der Waals surface area contributed by atoms with Crippen LogP contribution in [0.4, 0.5) is 0 Å². The normalized spacial score (nSPS) is 11.0. The number of nitrogens with zero attached hydrogens (tertiary/aromatic N) is 2. The average Bonchev–Trinajstić information content (AvgIpc) is 3.07. The highest BCUT2D eigenvalue weighted by Crippen LogP contribution is 2.41. The third kappa shape index (κ3) is 3.33. The molecule has 0 spiro atoms. The number of aryl methyl sites for hydroxylation is 1. The van der Waals surface area contributed by atoms with E-state index in [1.165, 1.54) is 12.1 Å². The van der Waals surface area contributed by atoms with Crippen molar-refractivity contribution >= 4 is 23.2 Å². The van der Waals surface area contributed by atoms with Crippen molar-refractivity contribution in [3.63, 3.8) is 0 Å². The molecule has 0 aliphatic heterocycles. The summed E-state index contributed by atoms with van der Waals surface area (Å²) in [6, 6.07) is 17.5. The van der Waals surface area contributed by atoms with Gasteiger partial charge in [0.05, 0.1) is 21.4 Å². The van der Waals surface area contributed by atoms with Crippen molar-refractivity contribution in [1.29, 1.82) is 0 Å². The molecule has 0 radical (unpaired) electrons. The van der Waals surface area contributed by atoms with Gasteiger partial charge in [-0.1, -0.05) is 41.4 Å². The van der Waals surface area contributed by atoms with E-state index in [0.717, 1.165) is 33.6 Å². The van der Waals surface area contributed by atoms with Gasteiger partial charge in [-0.25, -0.2) is 4.68 Å². The second kappa shape index (κ2) is 7.23. The lowest BCUT2D eigenvalue weighted by Crippen LogP contribution is -2.02. The summed E-state index contributed by atoms with van der Waals surface area (Å²) in [5.41, 5.74) is 4.88. The summed E-state index contributed by atoms with van der Waals surface area (Å²) < 4.78 is 1.78. The molecule has 0 atom stereocenters. The number of halogens is 2. The van der Waals surface area contributed by atoms with Crippen LogP contribution in [0.3, 0.4) is 0 Å². The Balaban J connectivity index is 2.05. The molecule has 0 saturated carbocycles. The highest BCUT2D eigenvalue weighted by Gasteiger charge is 2.18. The monoisotopic (exact) mass is 410 g/mol. The van der Waals surface area contributed by atoms with E-state index in [4.69, 9.17) is 23.2 Å². The topological polar surface area (TPSA) is 58.3 Å². The summed E-state index contributed by atoms with van der Waals surface area (Å²) in [6.07, 6.45) is 1.88. The molecule has 0 aliphatic rings. The van der Waals surface area contributed by atoms with Gasteiger partial charge in [0.1, 0.15) is 11.5 Å². The Hall–Kier alpha value is -2.95. The molecular weight excluding hydrogens is 395 g/mol. The van der Waals surface area contributed by atoms with Gasteiger partial charge in [0.2, 0.25) is 0 Å². The zero-order valence-electron chi connectivity index (χ0n) is 14.9. The number of aromatic nitrogens is 2. The van der Waals surface area contributed by atoms with E-state index >= 15 is 0 Å². The van der Waals surface area contributed by atoms with Crippen LogP contribution in [0.15, 0.2) is 66.9 Å². The summed E-state index contributed by atoms with van der Waals surface area (Å²) in [5.74, 6) is 0.200. The second-order valence-electron chi connectivity index (χ2n) is 6.43. The Labute approximate surface area is 172 Å². The minimum Gasteiger partial charge on any atom is -0.508 e. The van der Waals surface area contributed by atoms with Crippen molar-refractivity contribution in [2.24, 2.45) is 0 Å². The quantitative estimate of drug-likeness (QED) is 0.420. The molecule has 140 valence electrons. The molecular formula is C22H16Cl2N2O2. The molecule has 0 amide bonds. The van der Waals surface area contributed by atoms with E-state index in [-0.39, 0.29) is 11.5 Å². The molecule has 0 bridgehead atoms. The maximum Gasteiger partial charge on any atom is 0.117 e. The Bertz CT molecular complexity index is 1120. The fraction of sp³-hybridized carbons (Fsp3) is 0.0455. The Morgan fingerprint density at radius 3 is 1.71 bits per heavy atom. The predicted octanol–water partition coefficient (Wildman–Crippen LogP) is 6.23. The summed E-state index contributed by atoms with van der Waals surface area (Å²) in [4.78, 5) is 0. The van der Waals surface area contributed by atoms with E-state index in [1.807, 2.05) is 37.4 Å². The van der Waals surface area contributed by atoms with Gasteiger partial charge in [0, 0.05) is 28.5 Å². The van der Waals surface area contributed by atoms with Gasteiger partial charge in [-0.15, -0.1) is 0 Å². The first-order valence-corrected chi connectivity index (χ1v) is 9.33. The zero-order valence-corrected chi connectivity index (χ0v) is 16.4. The second-order valence-corrected chi connectivity index (χ2v) is 7.25. The highest BCUT2D eigenvalue weighted by atomic mass is 35.5. The third-order valence-electron chi connectivity index (χ3n) is 4.47. The predicted molar refractivity (Wildman–Crippen MR) is 113 cm³/mol. The number of hydrogen-bond acceptors (Lipinski definition) is 3. The average molecular weight is 411 g/mol. The van der Waals surface area contributed by atoms with Crippen molar-refractivity contribution in [1.82, 2.24) is 9.78 Å². The van der Waals surface area contributed by atoms with Gasteiger partial charge in [0.25, 0.3) is 0 Å². The van der Waals surface area contributed by atoms with E-state index < -0.39 is 0 Å². The first-order chi connectivity index (χ1) is 13.4. The van der Waals surface area contributed by atoms with Gasteiger partial charge >= 0.3 is 0 Å². The lowest BCUT2D eigenvalue weighted by atomic mass is 9.95. The summed E-state index contributed by atoms with van der Waals surface area (Å²) in [7, 11) is 0. The Morgan fingerprint density at radius 2 is 1.29 bits per heavy atom. The Kier molecular flexibility index (Phi) is 4.75. The number of para-hydroxylation sites is 1. The molecule has 0 aliphatic carbocycles. The summed E-state index contributed by atoms with van der Waals surface area (Å²) in [6.45, 7) is 1.92. The first-order valence-electron chi connectivity index (χ1n) is 8.57. The van der Waals surface area contributed by atoms with Gasteiger partial charge < -0.3 is 10.2 Å². The maximum absolute atomic E-state index is 9.73. The summed E-state index contributed by atoms with van der Waals surface area (Å²) in [5, 5.41) is 24.9. The van der Waals surface area contributed by atoms with E-state index in [2.05, 4.69) is 5.10 Å². The molecule has 0 saturated heterocycles. The minimum atomic E-state index is 0.1000. The molecule has 1 aromatic heterocycles. The van der Waals surface area contributed by atoms with Crippen LogP contribution >= 0.6 is 23.2 Å². The number of aromatic hydroxyl groups is 2. The molecule has 6 heteroatoms. The molecule has 28 heavy (non-hydrogen) atoms. The van der Waals surface area contributed by atoms with Crippen LogP contribution in [-0.2, 0) is 0 Å². The molecule has 4 aromatic rings. The van der Waals surface area contributed by atoms with E-state index in [9.17, 15) is 10.2 Å². The lowest BCUT2D eigenvalue weighted by molar-refractivity contribution is 0.475. The Morgan fingerprint density at radius 1 is 0.750 bits per heavy atom. The lowest BCUT2D eigenvalue weighted by Gasteiger charge is -2.17. The van der Waals surface area contributed by atoms with Crippen LogP contribution in [0.5, 0.6) is 11.5 Å². The van der Waals surface area contributed by atoms with Crippen molar-refractivity contribution in [2.75, 3.05) is 0 Å². The molecule has 1 heterocycles. The molecule has 4 nitrogen and oxygen atoms in total. The van der Waals surface area contributed by atoms with E-state index in [1.54, 1.807) is 28.9 Å². The van der Waals surface area contributed by atoms with Gasteiger partial charge in [-0.3, -0.25) is 0 Å². The molecule has 2 N–H and O–H groups in total. The van der Waals surface area contributed by atoms with E-state index in [0.29, 0.717) is 10.0 Å². The number of hydrogen-bond donors (Lipinski definition) is 2. The minimum absolute atomic E-state index is 0.1000. The number of rotatable bonds is 3. The fourth-order valence-corrected chi connectivity index (χ4v) is 3.76. The third-order valence-corrected chi connectivity index (χ3v) is 5.10. The van der Waals surface area contributed by atoms with Gasteiger partial charge in [-0.2, -0.15) is 5.10 Å².